The monoisotopic (exact) mass is 306 g/mol. The number of amides is 1. The van der Waals surface area contributed by atoms with Gasteiger partial charge >= 0.3 is 5.97 Å². The summed E-state index contributed by atoms with van der Waals surface area (Å²) in [5.74, 6) is -1.35. The fraction of sp³-hybridized carbons (Fsp3) is 0.400. The standard InChI is InChI=1S/C15H22N4O3/c1-2-19(13(20)11-7-4-3-5-8-11)12(14(21)22)9-6-10-18-15(16)17/h3-5,7-8,12H,2,6,9-10H2,1H3,(H,21,22)(H4,16,17,18)/t12-/m0/s1. The number of guanidine groups is 1. The Hall–Kier alpha value is -2.57. The highest BCUT2D eigenvalue weighted by atomic mass is 16.4. The molecule has 0 unspecified atom stereocenters. The molecule has 1 atom stereocenters. The number of carbonyl (C=O) groups is 2. The van der Waals surface area contributed by atoms with Crippen molar-refractivity contribution in [3.05, 3.63) is 35.9 Å². The Morgan fingerprint density at radius 3 is 2.41 bits per heavy atom. The van der Waals surface area contributed by atoms with Crippen LogP contribution < -0.4 is 11.5 Å². The Morgan fingerprint density at radius 2 is 1.91 bits per heavy atom. The highest BCUT2D eigenvalue weighted by molar-refractivity contribution is 5.96. The maximum Gasteiger partial charge on any atom is 0.326 e. The third-order valence-electron chi connectivity index (χ3n) is 3.21. The van der Waals surface area contributed by atoms with Crippen molar-refractivity contribution >= 4 is 17.8 Å². The predicted molar refractivity (Wildman–Crippen MR) is 84.5 cm³/mol. The van der Waals surface area contributed by atoms with Gasteiger partial charge in [-0.25, -0.2) is 4.79 Å². The fourth-order valence-electron chi connectivity index (χ4n) is 2.16. The first-order valence-electron chi connectivity index (χ1n) is 7.11. The van der Waals surface area contributed by atoms with Crippen molar-refractivity contribution in [2.45, 2.75) is 25.8 Å². The van der Waals surface area contributed by atoms with Crippen molar-refractivity contribution in [1.29, 1.82) is 0 Å². The summed E-state index contributed by atoms with van der Waals surface area (Å²) in [5, 5.41) is 9.40. The lowest BCUT2D eigenvalue weighted by Gasteiger charge is -2.27. The second kappa shape index (κ2) is 8.66. The Kier molecular flexibility index (Phi) is 6.88. The van der Waals surface area contributed by atoms with E-state index in [9.17, 15) is 14.7 Å². The maximum absolute atomic E-state index is 12.5. The Morgan fingerprint density at radius 1 is 1.27 bits per heavy atom. The van der Waals surface area contributed by atoms with E-state index < -0.39 is 12.0 Å². The zero-order valence-corrected chi connectivity index (χ0v) is 12.6. The van der Waals surface area contributed by atoms with Crippen LogP contribution in [0.3, 0.4) is 0 Å². The Balaban J connectivity index is 2.80. The molecule has 1 amide bonds. The molecule has 0 saturated heterocycles. The smallest absolute Gasteiger partial charge is 0.326 e. The van der Waals surface area contributed by atoms with E-state index in [4.69, 9.17) is 11.5 Å². The topological polar surface area (TPSA) is 122 Å². The average Bonchev–Trinajstić information content (AvgIpc) is 2.50. The molecule has 7 nitrogen and oxygen atoms in total. The normalized spacial score (nSPS) is 11.5. The summed E-state index contributed by atoms with van der Waals surface area (Å²) in [6.07, 6.45) is 0.770. The van der Waals surface area contributed by atoms with Crippen LogP contribution in [-0.2, 0) is 4.79 Å². The van der Waals surface area contributed by atoms with Crippen molar-refractivity contribution in [3.8, 4) is 0 Å². The highest BCUT2D eigenvalue weighted by Crippen LogP contribution is 2.13. The van der Waals surface area contributed by atoms with Gasteiger partial charge in [-0.1, -0.05) is 18.2 Å². The number of carboxylic acid groups (broad SMARTS) is 1. The molecule has 0 radical (unpaired) electrons. The van der Waals surface area contributed by atoms with Crippen LogP contribution in [0, 0.1) is 0 Å². The molecule has 0 saturated carbocycles. The van der Waals surface area contributed by atoms with E-state index in [1.165, 1.54) is 4.90 Å². The zero-order chi connectivity index (χ0) is 16.5. The first-order chi connectivity index (χ1) is 10.5. The van der Waals surface area contributed by atoms with Crippen molar-refractivity contribution in [2.24, 2.45) is 16.5 Å². The summed E-state index contributed by atoms with van der Waals surface area (Å²) in [5.41, 5.74) is 10.9. The molecule has 0 spiro atoms. The summed E-state index contributed by atoms with van der Waals surface area (Å²) in [4.78, 5) is 29.1. The van der Waals surface area contributed by atoms with Crippen molar-refractivity contribution < 1.29 is 14.7 Å². The first kappa shape index (κ1) is 17.5. The number of likely N-dealkylation sites (N-methyl/N-ethyl adjacent to an activating group) is 1. The van der Waals surface area contributed by atoms with E-state index in [2.05, 4.69) is 4.99 Å². The Labute approximate surface area is 129 Å². The van der Waals surface area contributed by atoms with Crippen LogP contribution >= 0.6 is 0 Å². The molecular weight excluding hydrogens is 284 g/mol. The van der Waals surface area contributed by atoms with Gasteiger partial charge in [0.05, 0.1) is 0 Å². The summed E-state index contributed by atoms with van der Waals surface area (Å²) in [6, 6.07) is 7.74. The van der Waals surface area contributed by atoms with E-state index in [0.29, 0.717) is 31.5 Å². The molecule has 0 aromatic heterocycles. The lowest BCUT2D eigenvalue weighted by Crippen LogP contribution is -2.45. The SMILES string of the molecule is CCN(C(=O)c1ccccc1)[C@@H](CCCN=C(N)N)C(=O)O. The largest absolute Gasteiger partial charge is 0.480 e. The number of carboxylic acids is 1. The molecule has 0 aliphatic carbocycles. The summed E-state index contributed by atoms with van der Waals surface area (Å²) >= 11 is 0. The number of aliphatic carboxylic acids is 1. The second-order valence-electron chi connectivity index (χ2n) is 4.76. The second-order valence-corrected chi connectivity index (χ2v) is 4.76. The van der Waals surface area contributed by atoms with Gasteiger partial charge in [0.1, 0.15) is 6.04 Å². The van der Waals surface area contributed by atoms with E-state index in [1.807, 2.05) is 0 Å². The molecule has 7 heteroatoms. The molecular formula is C15H22N4O3. The molecule has 120 valence electrons. The van der Waals surface area contributed by atoms with Gasteiger partial charge in [0.25, 0.3) is 5.91 Å². The number of nitrogens with two attached hydrogens (primary N) is 2. The molecule has 0 aliphatic heterocycles. The Bertz CT molecular complexity index is 527. The number of aliphatic imine (C=N–C) groups is 1. The van der Waals surface area contributed by atoms with E-state index in [-0.39, 0.29) is 11.9 Å². The van der Waals surface area contributed by atoms with Gasteiger partial charge in [0, 0.05) is 18.7 Å². The summed E-state index contributed by atoms with van der Waals surface area (Å²) < 4.78 is 0. The lowest BCUT2D eigenvalue weighted by atomic mass is 10.1. The average molecular weight is 306 g/mol. The molecule has 0 bridgehead atoms. The van der Waals surface area contributed by atoms with Crippen LogP contribution in [0.2, 0.25) is 0 Å². The van der Waals surface area contributed by atoms with Crippen LogP contribution in [0.5, 0.6) is 0 Å². The van der Waals surface area contributed by atoms with Crippen LogP contribution in [0.25, 0.3) is 0 Å². The van der Waals surface area contributed by atoms with Gasteiger partial charge in [0.2, 0.25) is 0 Å². The predicted octanol–water partition coefficient (Wildman–Crippen LogP) is 0.656. The maximum atomic E-state index is 12.5. The lowest BCUT2D eigenvalue weighted by molar-refractivity contribution is -0.142. The van der Waals surface area contributed by atoms with Gasteiger partial charge in [0.15, 0.2) is 5.96 Å². The molecule has 0 heterocycles. The molecule has 1 rings (SSSR count). The number of benzene rings is 1. The molecule has 5 N–H and O–H groups in total. The minimum Gasteiger partial charge on any atom is -0.480 e. The summed E-state index contributed by atoms with van der Waals surface area (Å²) in [6.45, 7) is 2.41. The molecule has 1 aromatic carbocycles. The van der Waals surface area contributed by atoms with Crippen LogP contribution in [-0.4, -0.2) is 47.0 Å². The van der Waals surface area contributed by atoms with Gasteiger partial charge < -0.3 is 21.5 Å². The zero-order valence-electron chi connectivity index (χ0n) is 12.6. The van der Waals surface area contributed by atoms with E-state index >= 15 is 0 Å². The van der Waals surface area contributed by atoms with Gasteiger partial charge in [-0.3, -0.25) is 9.79 Å². The molecule has 0 fully saturated rings. The third-order valence-corrected chi connectivity index (χ3v) is 3.21. The summed E-state index contributed by atoms with van der Waals surface area (Å²) in [7, 11) is 0. The number of rotatable bonds is 8. The highest BCUT2D eigenvalue weighted by Gasteiger charge is 2.28. The van der Waals surface area contributed by atoms with Crippen molar-refractivity contribution in [2.75, 3.05) is 13.1 Å². The third kappa shape index (κ3) is 5.08. The van der Waals surface area contributed by atoms with Gasteiger partial charge in [-0.05, 0) is 31.9 Å². The van der Waals surface area contributed by atoms with E-state index in [1.54, 1.807) is 37.3 Å². The van der Waals surface area contributed by atoms with Crippen LogP contribution in [0.15, 0.2) is 35.3 Å². The number of carbonyl (C=O) groups excluding carboxylic acids is 1. The first-order valence-corrected chi connectivity index (χ1v) is 7.11. The van der Waals surface area contributed by atoms with Gasteiger partial charge in [-0.2, -0.15) is 0 Å². The van der Waals surface area contributed by atoms with E-state index in [0.717, 1.165) is 0 Å². The molecule has 22 heavy (non-hydrogen) atoms. The van der Waals surface area contributed by atoms with Crippen molar-refractivity contribution in [1.82, 2.24) is 4.90 Å². The van der Waals surface area contributed by atoms with Crippen LogP contribution in [0.1, 0.15) is 30.1 Å². The fourth-order valence-corrected chi connectivity index (χ4v) is 2.16. The minimum absolute atomic E-state index is 0.0282. The van der Waals surface area contributed by atoms with Crippen LogP contribution in [0.4, 0.5) is 0 Å². The van der Waals surface area contributed by atoms with Crippen molar-refractivity contribution in [3.63, 3.8) is 0 Å². The minimum atomic E-state index is -1.03. The molecule has 1 aromatic rings. The molecule has 0 aliphatic rings. The number of hydrogen-bond donors (Lipinski definition) is 3. The van der Waals surface area contributed by atoms with Gasteiger partial charge in [-0.15, -0.1) is 0 Å². The quantitative estimate of drug-likeness (QED) is 0.370. The number of nitrogens with zero attached hydrogens (tertiary/aromatic N) is 2. The number of hydrogen-bond acceptors (Lipinski definition) is 3.